The van der Waals surface area contributed by atoms with Crippen molar-refractivity contribution in [2.75, 3.05) is 7.11 Å². The SMILES string of the molecule is COC(=O)c1ccc(C(F)(F)F)cc1C1=NC(C)(C(C)C)C(=O)N1. The van der Waals surface area contributed by atoms with Gasteiger partial charge in [-0.25, -0.2) is 4.79 Å². The molecule has 0 radical (unpaired) electrons. The molecule has 1 heterocycles. The number of nitrogens with one attached hydrogen (secondary N) is 1. The van der Waals surface area contributed by atoms with Crippen molar-refractivity contribution in [2.24, 2.45) is 10.9 Å². The van der Waals surface area contributed by atoms with Gasteiger partial charge < -0.3 is 10.1 Å². The number of rotatable bonds is 3. The fraction of sp³-hybridized carbons (Fsp3) is 0.438. The number of methoxy groups -OCH3 is 1. The molecule has 1 aliphatic heterocycles. The van der Waals surface area contributed by atoms with Crippen molar-refractivity contribution in [3.8, 4) is 0 Å². The van der Waals surface area contributed by atoms with Gasteiger partial charge in [-0.05, 0) is 31.0 Å². The summed E-state index contributed by atoms with van der Waals surface area (Å²) in [6.07, 6.45) is -4.59. The second kappa shape index (κ2) is 5.92. The number of esters is 1. The van der Waals surface area contributed by atoms with E-state index in [0.717, 1.165) is 25.3 Å². The molecule has 0 spiro atoms. The summed E-state index contributed by atoms with van der Waals surface area (Å²) < 4.78 is 43.5. The van der Waals surface area contributed by atoms with Gasteiger partial charge >= 0.3 is 12.1 Å². The van der Waals surface area contributed by atoms with E-state index < -0.39 is 29.2 Å². The Morgan fingerprint density at radius 1 is 1.33 bits per heavy atom. The fourth-order valence-electron chi connectivity index (χ4n) is 2.27. The van der Waals surface area contributed by atoms with E-state index in [0.29, 0.717) is 0 Å². The van der Waals surface area contributed by atoms with E-state index in [1.54, 1.807) is 20.8 Å². The third-order valence-corrected chi connectivity index (χ3v) is 4.17. The number of alkyl halides is 3. The molecular weight excluding hydrogens is 325 g/mol. The summed E-state index contributed by atoms with van der Waals surface area (Å²) in [6.45, 7) is 5.14. The van der Waals surface area contributed by atoms with E-state index >= 15 is 0 Å². The molecule has 0 bridgehead atoms. The molecule has 0 aromatic heterocycles. The van der Waals surface area contributed by atoms with Crippen LogP contribution >= 0.6 is 0 Å². The summed E-state index contributed by atoms with van der Waals surface area (Å²) in [5.74, 6) is -1.49. The Hall–Kier alpha value is -2.38. The zero-order chi connectivity index (χ0) is 18.3. The Morgan fingerprint density at radius 2 is 1.96 bits per heavy atom. The molecule has 1 aromatic rings. The molecule has 1 unspecified atom stereocenters. The quantitative estimate of drug-likeness (QED) is 0.859. The van der Waals surface area contributed by atoms with Crippen molar-refractivity contribution in [2.45, 2.75) is 32.5 Å². The highest BCUT2D eigenvalue weighted by Crippen LogP contribution is 2.33. The predicted molar refractivity (Wildman–Crippen MR) is 80.7 cm³/mol. The Bertz CT molecular complexity index is 726. The van der Waals surface area contributed by atoms with Crippen molar-refractivity contribution >= 4 is 17.7 Å². The number of aliphatic imine (C=N–C) groups is 1. The number of amidine groups is 1. The molecule has 0 aliphatic carbocycles. The fourth-order valence-corrected chi connectivity index (χ4v) is 2.27. The first-order valence-electron chi connectivity index (χ1n) is 7.22. The maximum Gasteiger partial charge on any atom is 0.416 e. The van der Waals surface area contributed by atoms with Gasteiger partial charge in [-0.3, -0.25) is 9.79 Å². The van der Waals surface area contributed by atoms with Gasteiger partial charge in [0.05, 0.1) is 18.2 Å². The lowest BCUT2D eigenvalue weighted by Crippen LogP contribution is -2.41. The Labute approximate surface area is 136 Å². The molecule has 1 aromatic carbocycles. The van der Waals surface area contributed by atoms with E-state index in [1.807, 2.05) is 0 Å². The molecule has 1 atom stereocenters. The van der Waals surface area contributed by atoms with E-state index in [1.165, 1.54) is 0 Å². The first kappa shape index (κ1) is 18.0. The molecule has 0 saturated heterocycles. The minimum absolute atomic E-state index is 0.0669. The first-order valence-corrected chi connectivity index (χ1v) is 7.22. The highest BCUT2D eigenvalue weighted by atomic mass is 19.4. The van der Waals surface area contributed by atoms with Crippen LogP contribution in [0, 0.1) is 5.92 Å². The number of hydrogen-bond acceptors (Lipinski definition) is 4. The van der Waals surface area contributed by atoms with Gasteiger partial charge in [-0.2, -0.15) is 13.2 Å². The third-order valence-electron chi connectivity index (χ3n) is 4.17. The lowest BCUT2D eigenvalue weighted by molar-refractivity contribution is -0.137. The molecule has 130 valence electrons. The van der Waals surface area contributed by atoms with Crippen LogP contribution in [0.2, 0.25) is 0 Å². The van der Waals surface area contributed by atoms with E-state index in [2.05, 4.69) is 15.0 Å². The molecule has 5 nitrogen and oxygen atoms in total. The first-order chi connectivity index (χ1) is 11.0. The van der Waals surface area contributed by atoms with Gasteiger partial charge in [0.1, 0.15) is 11.4 Å². The summed E-state index contributed by atoms with van der Waals surface area (Å²) in [5, 5.41) is 2.48. The van der Waals surface area contributed by atoms with Crippen LogP contribution in [0.4, 0.5) is 13.2 Å². The summed E-state index contributed by atoms with van der Waals surface area (Å²) in [5.41, 5.74) is -2.27. The van der Waals surface area contributed by atoms with Crippen molar-refractivity contribution in [3.05, 3.63) is 34.9 Å². The largest absolute Gasteiger partial charge is 0.465 e. The maximum atomic E-state index is 13.0. The monoisotopic (exact) mass is 342 g/mol. The van der Waals surface area contributed by atoms with Gasteiger partial charge in [0.25, 0.3) is 5.91 Å². The lowest BCUT2D eigenvalue weighted by atomic mass is 9.89. The van der Waals surface area contributed by atoms with E-state index in [-0.39, 0.29) is 22.9 Å². The molecule has 2 rings (SSSR count). The van der Waals surface area contributed by atoms with Crippen molar-refractivity contribution in [1.82, 2.24) is 5.32 Å². The van der Waals surface area contributed by atoms with Crippen molar-refractivity contribution in [1.29, 1.82) is 0 Å². The third kappa shape index (κ3) is 3.00. The van der Waals surface area contributed by atoms with Gasteiger partial charge in [-0.1, -0.05) is 13.8 Å². The minimum Gasteiger partial charge on any atom is -0.465 e. The number of halogens is 3. The molecule has 0 saturated carbocycles. The molecule has 1 amide bonds. The molecule has 24 heavy (non-hydrogen) atoms. The number of carbonyl (C=O) groups is 2. The Kier molecular flexibility index (Phi) is 4.43. The van der Waals surface area contributed by atoms with E-state index in [9.17, 15) is 22.8 Å². The Balaban J connectivity index is 2.63. The van der Waals surface area contributed by atoms with Gasteiger partial charge in [-0.15, -0.1) is 0 Å². The highest BCUT2D eigenvalue weighted by molar-refractivity contribution is 6.18. The molecular formula is C16H17F3N2O3. The maximum absolute atomic E-state index is 13.0. The smallest absolute Gasteiger partial charge is 0.416 e. The normalized spacial score (nSPS) is 20.8. The van der Waals surface area contributed by atoms with Crippen molar-refractivity contribution in [3.63, 3.8) is 0 Å². The van der Waals surface area contributed by atoms with Gasteiger partial charge in [0, 0.05) is 5.56 Å². The summed E-state index contributed by atoms with van der Waals surface area (Å²) in [7, 11) is 1.12. The van der Waals surface area contributed by atoms with Crippen LogP contribution in [0.3, 0.4) is 0 Å². The van der Waals surface area contributed by atoms with Crippen LogP contribution in [0.1, 0.15) is 42.3 Å². The van der Waals surface area contributed by atoms with E-state index in [4.69, 9.17) is 0 Å². The number of carbonyl (C=O) groups excluding carboxylic acids is 2. The van der Waals surface area contributed by atoms with Crippen LogP contribution < -0.4 is 5.32 Å². The number of ether oxygens (including phenoxy) is 1. The highest BCUT2D eigenvalue weighted by Gasteiger charge is 2.43. The van der Waals surface area contributed by atoms with Crippen LogP contribution in [-0.4, -0.2) is 30.4 Å². The molecule has 1 N–H and O–H groups in total. The summed E-state index contributed by atoms with van der Waals surface area (Å²) >= 11 is 0. The van der Waals surface area contributed by atoms with Crippen molar-refractivity contribution < 1.29 is 27.5 Å². The second-order valence-corrected chi connectivity index (χ2v) is 5.97. The average molecular weight is 342 g/mol. The van der Waals surface area contributed by atoms with Crippen LogP contribution in [0.5, 0.6) is 0 Å². The van der Waals surface area contributed by atoms with Crippen LogP contribution in [0.25, 0.3) is 0 Å². The topological polar surface area (TPSA) is 67.8 Å². The van der Waals surface area contributed by atoms with Gasteiger partial charge in [0.15, 0.2) is 0 Å². The zero-order valence-corrected chi connectivity index (χ0v) is 13.6. The second-order valence-electron chi connectivity index (χ2n) is 5.97. The Morgan fingerprint density at radius 3 is 2.42 bits per heavy atom. The summed E-state index contributed by atoms with van der Waals surface area (Å²) in [6, 6.07) is 2.59. The van der Waals surface area contributed by atoms with Gasteiger partial charge in [0.2, 0.25) is 0 Å². The van der Waals surface area contributed by atoms with Crippen LogP contribution in [0.15, 0.2) is 23.2 Å². The summed E-state index contributed by atoms with van der Waals surface area (Å²) in [4.78, 5) is 28.3. The average Bonchev–Trinajstić information content (AvgIpc) is 2.82. The number of nitrogens with zero attached hydrogens (tertiary/aromatic N) is 1. The van der Waals surface area contributed by atoms with Crippen LogP contribution in [-0.2, 0) is 15.7 Å². The number of hydrogen-bond donors (Lipinski definition) is 1. The standard InChI is InChI=1S/C16H17F3N2O3/c1-8(2)15(3)14(23)20-12(21-15)11-7-9(16(17,18)19)5-6-10(11)13(22)24-4/h5-8H,1-4H3,(H,20,21,23). The molecule has 1 aliphatic rings. The number of amides is 1. The zero-order valence-electron chi connectivity index (χ0n) is 13.6. The number of benzene rings is 1. The lowest BCUT2D eigenvalue weighted by Gasteiger charge is -2.21. The molecule has 8 heteroatoms. The predicted octanol–water partition coefficient (Wildman–Crippen LogP) is 2.78. The minimum atomic E-state index is -4.59. The molecule has 0 fully saturated rings.